The van der Waals surface area contributed by atoms with Crippen LogP contribution in [0, 0.1) is 17.8 Å². The molecule has 0 aliphatic heterocycles. The lowest BCUT2D eigenvalue weighted by Gasteiger charge is -2.39. The van der Waals surface area contributed by atoms with Crippen molar-refractivity contribution in [1.29, 1.82) is 0 Å². The predicted octanol–water partition coefficient (Wildman–Crippen LogP) is 3.31. The quantitative estimate of drug-likeness (QED) is 0.756. The molecular formula is C20H24O3. The molecule has 3 aliphatic rings. The summed E-state index contributed by atoms with van der Waals surface area (Å²) in [6.07, 6.45) is 3.89. The van der Waals surface area contributed by atoms with Gasteiger partial charge in [-0.1, -0.05) is 30.4 Å². The van der Waals surface area contributed by atoms with Gasteiger partial charge in [0.15, 0.2) is 11.6 Å². The van der Waals surface area contributed by atoms with E-state index < -0.39 is 5.60 Å². The van der Waals surface area contributed by atoms with Crippen LogP contribution in [0.4, 0.5) is 0 Å². The Kier molecular flexibility index (Phi) is 3.60. The first-order valence-electron chi connectivity index (χ1n) is 8.21. The summed E-state index contributed by atoms with van der Waals surface area (Å²) in [6.45, 7) is 13.6. The fourth-order valence-electron chi connectivity index (χ4n) is 4.46. The fourth-order valence-corrected chi connectivity index (χ4v) is 4.46. The molecule has 0 amide bonds. The molecule has 3 heteroatoms. The number of fused-ring (bicyclic) bond motifs is 2. The van der Waals surface area contributed by atoms with Gasteiger partial charge in [-0.2, -0.15) is 0 Å². The largest absolute Gasteiger partial charge is 0.382 e. The summed E-state index contributed by atoms with van der Waals surface area (Å²) < 4.78 is 0. The molecule has 3 rings (SSSR count). The van der Waals surface area contributed by atoms with Crippen LogP contribution in [0.2, 0.25) is 0 Å². The molecule has 0 spiro atoms. The predicted molar refractivity (Wildman–Crippen MR) is 89.7 cm³/mol. The van der Waals surface area contributed by atoms with Crippen LogP contribution in [0.3, 0.4) is 0 Å². The number of carbonyl (C=O) groups excluding carboxylic acids is 2. The van der Waals surface area contributed by atoms with E-state index in [2.05, 4.69) is 13.2 Å². The Morgan fingerprint density at radius 1 is 1.39 bits per heavy atom. The van der Waals surface area contributed by atoms with Crippen LogP contribution in [0.1, 0.15) is 40.0 Å². The summed E-state index contributed by atoms with van der Waals surface area (Å²) in [5.74, 6) is -0.318. The van der Waals surface area contributed by atoms with E-state index in [4.69, 9.17) is 0 Å². The Bertz CT molecular complexity index is 702. The second-order valence-corrected chi connectivity index (χ2v) is 7.56. The van der Waals surface area contributed by atoms with Crippen molar-refractivity contribution < 1.29 is 14.7 Å². The summed E-state index contributed by atoms with van der Waals surface area (Å²) in [7, 11) is 0. The Morgan fingerprint density at radius 3 is 2.65 bits per heavy atom. The molecule has 0 aromatic carbocycles. The van der Waals surface area contributed by atoms with Gasteiger partial charge in [-0.25, -0.2) is 0 Å². The van der Waals surface area contributed by atoms with Gasteiger partial charge in [-0.05, 0) is 51.0 Å². The molecule has 0 aromatic heterocycles. The number of hydrogen-bond acceptors (Lipinski definition) is 3. The third-order valence-corrected chi connectivity index (χ3v) is 5.66. The number of rotatable bonds is 1. The van der Waals surface area contributed by atoms with E-state index in [1.165, 1.54) is 6.92 Å². The molecule has 4 atom stereocenters. The fraction of sp³-hybridized carbons (Fsp3) is 0.500. The Morgan fingerprint density at radius 2 is 2.04 bits per heavy atom. The van der Waals surface area contributed by atoms with Crippen LogP contribution in [-0.4, -0.2) is 22.3 Å². The van der Waals surface area contributed by atoms with E-state index in [1.54, 1.807) is 6.92 Å². The van der Waals surface area contributed by atoms with E-state index in [-0.39, 0.29) is 35.7 Å². The highest BCUT2D eigenvalue weighted by Gasteiger charge is 2.51. The lowest BCUT2D eigenvalue weighted by Crippen LogP contribution is -2.37. The lowest BCUT2D eigenvalue weighted by atomic mass is 9.64. The minimum Gasteiger partial charge on any atom is -0.382 e. The van der Waals surface area contributed by atoms with Crippen LogP contribution in [0.5, 0.6) is 0 Å². The number of allylic oxidation sites excluding steroid dienone is 4. The SMILES string of the molecule is C=C1CC[C@@H](C(=C)C)[C@@H]2C=C(C)C(=O)C3=C(C(=O)[C@](C)(O)C3)[C@@H]12. The first-order chi connectivity index (χ1) is 10.6. The Labute approximate surface area is 137 Å². The molecule has 3 nitrogen and oxygen atoms in total. The lowest BCUT2D eigenvalue weighted by molar-refractivity contribution is -0.130. The van der Waals surface area contributed by atoms with E-state index >= 15 is 0 Å². The minimum atomic E-state index is -1.47. The average molecular weight is 312 g/mol. The molecule has 1 fully saturated rings. The van der Waals surface area contributed by atoms with Gasteiger partial charge in [0.1, 0.15) is 5.60 Å². The monoisotopic (exact) mass is 312 g/mol. The van der Waals surface area contributed by atoms with Crippen molar-refractivity contribution in [3.05, 3.63) is 47.1 Å². The Hall–Kier alpha value is -1.74. The van der Waals surface area contributed by atoms with Gasteiger partial charge >= 0.3 is 0 Å². The van der Waals surface area contributed by atoms with Crippen molar-refractivity contribution in [2.24, 2.45) is 17.8 Å². The number of ketones is 2. The average Bonchev–Trinajstić information content (AvgIpc) is 2.62. The topological polar surface area (TPSA) is 54.4 Å². The van der Waals surface area contributed by atoms with Gasteiger partial charge in [0.25, 0.3) is 0 Å². The van der Waals surface area contributed by atoms with E-state index in [0.717, 1.165) is 24.0 Å². The zero-order valence-corrected chi connectivity index (χ0v) is 14.1. The normalized spacial score (nSPS) is 37.3. The maximum absolute atomic E-state index is 12.8. The highest BCUT2D eigenvalue weighted by atomic mass is 16.3. The molecule has 0 bridgehead atoms. The van der Waals surface area contributed by atoms with Crippen molar-refractivity contribution in [1.82, 2.24) is 0 Å². The molecular weight excluding hydrogens is 288 g/mol. The van der Waals surface area contributed by atoms with Crippen LogP contribution < -0.4 is 0 Å². The second-order valence-electron chi connectivity index (χ2n) is 7.56. The molecule has 0 saturated heterocycles. The first-order valence-corrected chi connectivity index (χ1v) is 8.21. The standard InChI is InChI=1S/C20H24O3/c1-10(2)13-7-6-11(3)16-14(13)8-12(4)18(21)15-9-20(5,23)19(22)17(15)16/h8,13-14,16,23H,1,3,6-7,9H2,2,4-5H3/t13-,14-,16-,20+/m0/s1. The Balaban J connectivity index is 2.21. The summed E-state index contributed by atoms with van der Waals surface area (Å²) in [5.41, 5.74) is 2.25. The van der Waals surface area contributed by atoms with Gasteiger partial charge in [0.05, 0.1) is 0 Å². The van der Waals surface area contributed by atoms with E-state index in [9.17, 15) is 14.7 Å². The van der Waals surface area contributed by atoms with Crippen LogP contribution in [-0.2, 0) is 9.59 Å². The summed E-state index contributed by atoms with van der Waals surface area (Å²) in [5, 5.41) is 10.4. The molecule has 1 saturated carbocycles. The summed E-state index contributed by atoms with van der Waals surface area (Å²) >= 11 is 0. The maximum atomic E-state index is 12.8. The second kappa shape index (κ2) is 5.13. The molecule has 0 heterocycles. The van der Waals surface area contributed by atoms with Crippen molar-refractivity contribution in [3.63, 3.8) is 0 Å². The number of Topliss-reactive ketones (excluding diaryl/α,β-unsaturated/α-hetero) is 2. The smallest absolute Gasteiger partial charge is 0.191 e. The first kappa shape index (κ1) is 16.1. The molecule has 0 radical (unpaired) electrons. The molecule has 3 aliphatic carbocycles. The van der Waals surface area contributed by atoms with Crippen LogP contribution >= 0.6 is 0 Å². The zero-order chi connectivity index (χ0) is 17.1. The molecule has 0 unspecified atom stereocenters. The van der Waals surface area contributed by atoms with Gasteiger partial charge in [-0.15, -0.1) is 0 Å². The van der Waals surface area contributed by atoms with Crippen LogP contribution in [0.25, 0.3) is 0 Å². The third kappa shape index (κ3) is 2.29. The molecule has 1 N–H and O–H groups in total. The number of carbonyl (C=O) groups is 2. The van der Waals surface area contributed by atoms with E-state index in [0.29, 0.717) is 16.7 Å². The van der Waals surface area contributed by atoms with Crippen molar-refractivity contribution in [2.75, 3.05) is 0 Å². The highest BCUT2D eigenvalue weighted by molar-refractivity contribution is 6.19. The summed E-state index contributed by atoms with van der Waals surface area (Å²) in [6, 6.07) is 0. The third-order valence-electron chi connectivity index (χ3n) is 5.66. The highest BCUT2D eigenvalue weighted by Crippen LogP contribution is 2.51. The maximum Gasteiger partial charge on any atom is 0.191 e. The zero-order valence-electron chi connectivity index (χ0n) is 14.1. The molecule has 0 aromatic rings. The number of aliphatic hydroxyl groups is 1. The van der Waals surface area contributed by atoms with E-state index in [1.807, 2.05) is 13.0 Å². The number of hydrogen-bond donors (Lipinski definition) is 1. The van der Waals surface area contributed by atoms with Gasteiger partial charge < -0.3 is 5.11 Å². The van der Waals surface area contributed by atoms with Gasteiger partial charge in [0, 0.05) is 23.5 Å². The van der Waals surface area contributed by atoms with Crippen molar-refractivity contribution in [3.8, 4) is 0 Å². The minimum absolute atomic E-state index is 0.0306. The van der Waals surface area contributed by atoms with Crippen LogP contribution in [0.15, 0.2) is 47.1 Å². The molecule has 23 heavy (non-hydrogen) atoms. The van der Waals surface area contributed by atoms with Crippen molar-refractivity contribution in [2.45, 2.75) is 45.6 Å². The van der Waals surface area contributed by atoms with Gasteiger partial charge in [-0.3, -0.25) is 9.59 Å². The van der Waals surface area contributed by atoms with Crippen molar-refractivity contribution >= 4 is 11.6 Å². The molecule has 122 valence electrons. The van der Waals surface area contributed by atoms with Gasteiger partial charge in [0.2, 0.25) is 0 Å². The summed E-state index contributed by atoms with van der Waals surface area (Å²) in [4.78, 5) is 25.5.